The molecule has 8 nitrogen and oxygen atoms in total. The van der Waals surface area contributed by atoms with Gasteiger partial charge in [0, 0.05) is 12.4 Å². The van der Waals surface area contributed by atoms with Crippen molar-refractivity contribution in [3.05, 3.63) is 24.5 Å². The second kappa shape index (κ2) is 4.43. The molecule has 2 aromatic heterocycles. The third-order valence-electron chi connectivity index (χ3n) is 1.87. The van der Waals surface area contributed by atoms with Crippen LogP contribution in [0.4, 0.5) is 5.95 Å². The molecule has 2 heterocycles. The van der Waals surface area contributed by atoms with Crippen molar-refractivity contribution in [2.24, 2.45) is 0 Å². The average molecular weight is 221 g/mol. The molecule has 0 saturated carbocycles. The predicted molar refractivity (Wildman–Crippen MR) is 54.9 cm³/mol. The first-order chi connectivity index (χ1) is 7.74. The molecule has 0 aliphatic heterocycles. The summed E-state index contributed by atoms with van der Waals surface area (Å²) >= 11 is 0. The highest BCUT2D eigenvalue weighted by molar-refractivity contribution is 5.75. The molecule has 0 aliphatic rings. The number of nitrogens with one attached hydrogen (secondary N) is 2. The minimum atomic E-state index is -0.179. The molecule has 2 aromatic rings. The number of anilines is 1. The SMILES string of the molecule is Nc1ncn(CC(=O)NCc2ncc[nH]2)n1. The molecule has 0 unspecified atom stereocenters. The number of imidazole rings is 1. The third-order valence-corrected chi connectivity index (χ3v) is 1.87. The lowest BCUT2D eigenvalue weighted by Gasteiger charge is -2.02. The summed E-state index contributed by atoms with van der Waals surface area (Å²) in [5.74, 6) is 0.673. The Bertz CT molecular complexity index is 460. The molecular weight excluding hydrogens is 210 g/mol. The highest BCUT2D eigenvalue weighted by Gasteiger charge is 2.04. The van der Waals surface area contributed by atoms with Crippen molar-refractivity contribution >= 4 is 11.9 Å². The van der Waals surface area contributed by atoms with Gasteiger partial charge in [0.1, 0.15) is 18.7 Å². The van der Waals surface area contributed by atoms with Crippen LogP contribution in [0.15, 0.2) is 18.7 Å². The van der Waals surface area contributed by atoms with Crippen LogP contribution in [0.2, 0.25) is 0 Å². The Morgan fingerprint density at radius 3 is 3.06 bits per heavy atom. The van der Waals surface area contributed by atoms with E-state index in [9.17, 15) is 4.79 Å². The van der Waals surface area contributed by atoms with Gasteiger partial charge in [0.05, 0.1) is 6.54 Å². The van der Waals surface area contributed by atoms with Crippen molar-refractivity contribution in [3.63, 3.8) is 0 Å². The van der Waals surface area contributed by atoms with Crippen molar-refractivity contribution in [1.29, 1.82) is 0 Å². The molecule has 0 radical (unpaired) electrons. The number of carbonyl (C=O) groups excluding carboxylic acids is 1. The van der Waals surface area contributed by atoms with E-state index in [0.717, 1.165) is 0 Å². The number of carbonyl (C=O) groups is 1. The number of rotatable bonds is 4. The number of H-pyrrole nitrogens is 1. The van der Waals surface area contributed by atoms with Crippen LogP contribution in [0, 0.1) is 0 Å². The molecule has 16 heavy (non-hydrogen) atoms. The topological polar surface area (TPSA) is 115 Å². The lowest BCUT2D eigenvalue weighted by molar-refractivity contribution is -0.122. The first-order valence-corrected chi connectivity index (χ1v) is 4.64. The average Bonchev–Trinajstić information content (AvgIpc) is 2.87. The monoisotopic (exact) mass is 221 g/mol. The van der Waals surface area contributed by atoms with Crippen molar-refractivity contribution in [3.8, 4) is 0 Å². The summed E-state index contributed by atoms with van der Waals surface area (Å²) < 4.78 is 1.37. The fourth-order valence-electron chi connectivity index (χ4n) is 1.17. The Hall–Kier alpha value is -2.38. The van der Waals surface area contributed by atoms with Crippen molar-refractivity contribution in [2.75, 3.05) is 5.73 Å². The maximum absolute atomic E-state index is 11.4. The Morgan fingerprint density at radius 1 is 1.56 bits per heavy atom. The first kappa shape index (κ1) is 10.1. The number of aromatic amines is 1. The highest BCUT2D eigenvalue weighted by Crippen LogP contribution is 1.90. The van der Waals surface area contributed by atoms with Crippen LogP contribution < -0.4 is 11.1 Å². The number of aromatic nitrogens is 5. The van der Waals surface area contributed by atoms with Gasteiger partial charge in [-0.25, -0.2) is 14.6 Å². The van der Waals surface area contributed by atoms with E-state index in [1.807, 2.05) is 0 Å². The zero-order valence-corrected chi connectivity index (χ0v) is 8.42. The minimum Gasteiger partial charge on any atom is -0.367 e. The Balaban J connectivity index is 1.81. The summed E-state index contributed by atoms with van der Waals surface area (Å²) in [6.45, 7) is 0.445. The van der Waals surface area contributed by atoms with Gasteiger partial charge in [-0.15, -0.1) is 5.10 Å². The van der Waals surface area contributed by atoms with Gasteiger partial charge in [0.25, 0.3) is 0 Å². The smallest absolute Gasteiger partial charge is 0.242 e. The van der Waals surface area contributed by atoms with E-state index in [1.165, 1.54) is 11.0 Å². The summed E-state index contributed by atoms with van der Waals surface area (Å²) in [4.78, 5) is 22.0. The van der Waals surface area contributed by atoms with Crippen LogP contribution >= 0.6 is 0 Å². The van der Waals surface area contributed by atoms with E-state index in [2.05, 4.69) is 25.4 Å². The van der Waals surface area contributed by atoms with Gasteiger partial charge in [-0.1, -0.05) is 0 Å². The number of nitrogen functional groups attached to an aromatic ring is 1. The van der Waals surface area contributed by atoms with Gasteiger partial charge in [0.2, 0.25) is 11.9 Å². The van der Waals surface area contributed by atoms with Gasteiger partial charge in [-0.2, -0.15) is 0 Å². The van der Waals surface area contributed by atoms with Crippen molar-refractivity contribution in [2.45, 2.75) is 13.1 Å². The molecular formula is C8H11N7O. The second-order valence-corrected chi connectivity index (χ2v) is 3.11. The summed E-state index contributed by atoms with van der Waals surface area (Å²) in [7, 11) is 0. The second-order valence-electron chi connectivity index (χ2n) is 3.11. The van der Waals surface area contributed by atoms with Crippen molar-refractivity contribution in [1.82, 2.24) is 30.0 Å². The number of nitrogens with two attached hydrogens (primary N) is 1. The maximum atomic E-state index is 11.4. The van der Waals surface area contributed by atoms with Crippen LogP contribution in [0.3, 0.4) is 0 Å². The standard InChI is InChI=1S/C8H11N7O/c9-8-13-5-15(14-8)4-7(16)12-3-6-10-1-2-11-6/h1-2,5H,3-4H2,(H2,9,14)(H,10,11)(H,12,16). The predicted octanol–water partition coefficient (Wildman–Crippen LogP) is -1.10. The van der Waals surface area contributed by atoms with Crippen LogP contribution in [-0.2, 0) is 17.9 Å². The zero-order valence-electron chi connectivity index (χ0n) is 8.42. The molecule has 0 atom stereocenters. The molecule has 0 spiro atoms. The quantitative estimate of drug-likeness (QED) is 0.606. The lowest BCUT2D eigenvalue weighted by Crippen LogP contribution is -2.27. The molecule has 84 valence electrons. The summed E-state index contributed by atoms with van der Waals surface area (Å²) in [5, 5.41) is 6.48. The largest absolute Gasteiger partial charge is 0.367 e. The Kier molecular flexibility index (Phi) is 2.81. The van der Waals surface area contributed by atoms with Gasteiger partial charge in [-0.3, -0.25) is 4.79 Å². The third kappa shape index (κ3) is 2.56. The number of hydrogen-bond acceptors (Lipinski definition) is 5. The minimum absolute atomic E-state index is 0.0882. The molecule has 0 aliphatic carbocycles. The molecule has 0 aromatic carbocycles. The summed E-state index contributed by atoms with van der Waals surface area (Å²) in [6, 6.07) is 0. The van der Waals surface area contributed by atoms with Gasteiger partial charge >= 0.3 is 0 Å². The zero-order chi connectivity index (χ0) is 11.4. The Morgan fingerprint density at radius 2 is 2.44 bits per heavy atom. The molecule has 0 bridgehead atoms. The van der Waals surface area contributed by atoms with E-state index in [4.69, 9.17) is 5.73 Å². The fraction of sp³-hybridized carbons (Fsp3) is 0.250. The Labute approximate surface area is 90.9 Å². The van der Waals surface area contributed by atoms with Crippen LogP contribution in [0.1, 0.15) is 5.82 Å². The van der Waals surface area contributed by atoms with E-state index < -0.39 is 0 Å². The first-order valence-electron chi connectivity index (χ1n) is 4.64. The summed E-state index contributed by atoms with van der Waals surface area (Å²) in [6.07, 6.45) is 4.72. The maximum Gasteiger partial charge on any atom is 0.242 e. The van der Waals surface area contributed by atoms with Crippen LogP contribution in [-0.4, -0.2) is 30.6 Å². The molecule has 2 rings (SSSR count). The molecule has 0 saturated heterocycles. The van der Waals surface area contributed by atoms with E-state index in [-0.39, 0.29) is 18.4 Å². The van der Waals surface area contributed by atoms with Gasteiger partial charge in [0.15, 0.2) is 0 Å². The van der Waals surface area contributed by atoms with Gasteiger partial charge in [-0.05, 0) is 0 Å². The van der Waals surface area contributed by atoms with Crippen LogP contribution in [0.25, 0.3) is 0 Å². The number of amides is 1. The van der Waals surface area contributed by atoms with E-state index >= 15 is 0 Å². The molecule has 4 N–H and O–H groups in total. The highest BCUT2D eigenvalue weighted by atomic mass is 16.2. The normalized spacial score (nSPS) is 10.2. The van der Waals surface area contributed by atoms with E-state index in [0.29, 0.717) is 12.4 Å². The number of hydrogen-bond donors (Lipinski definition) is 3. The van der Waals surface area contributed by atoms with E-state index in [1.54, 1.807) is 12.4 Å². The molecule has 8 heteroatoms. The summed E-state index contributed by atoms with van der Waals surface area (Å²) in [5.41, 5.74) is 5.32. The van der Waals surface area contributed by atoms with Crippen LogP contribution in [0.5, 0.6) is 0 Å². The lowest BCUT2D eigenvalue weighted by atomic mass is 10.5. The fourth-order valence-corrected chi connectivity index (χ4v) is 1.17. The molecule has 0 fully saturated rings. The van der Waals surface area contributed by atoms with Crippen molar-refractivity contribution < 1.29 is 4.79 Å². The molecule has 1 amide bonds. The van der Waals surface area contributed by atoms with Gasteiger partial charge < -0.3 is 16.0 Å². The number of nitrogens with zero attached hydrogens (tertiary/aromatic N) is 4.